The summed E-state index contributed by atoms with van der Waals surface area (Å²) >= 11 is 6.04. The number of hydrogen-bond acceptors (Lipinski definition) is 12. The number of aromatic hydroxyl groups is 1. The predicted octanol–water partition coefficient (Wildman–Crippen LogP) is 4.41. The Kier molecular flexibility index (Phi) is 11.5. The van der Waals surface area contributed by atoms with Crippen LogP contribution in [0.15, 0.2) is 97.9 Å². The molecular formula is C36H33ClFN5O9. The van der Waals surface area contributed by atoms with E-state index in [1.54, 1.807) is 36.4 Å². The number of nitrogens with one attached hydrogen (secondary N) is 1. The molecule has 2 aromatic carbocycles. The maximum atomic E-state index is 13.9. The number of phenols is 1. The SMILES string of the molecule is COc1cc2c(N=C3C=CCC(F)C(Cl)=C3)ncnc2cc1OCCOCCNC(=O)COC1C=CC(Cn2c(=O)oc3cc(O)ccc32)=CC1=O. The molecule has 0 saturated heterocycles. The largest absolute Gasteiger partial charge is 0.508 e. The van der Waals surface area contributed by atoms with Gasteiger partial charge in [-0.15, -0.1) is 0 Å². The fourth-order valence-corrected chi connectivity index (χ4v) is 5.54. The summed E-state index contributed by atoms with van der Waals surface area (Å²) in [6, 6.07) is 7.73. The minimum atomic E-state index is -1.28. The van der Waals surface area contributed by atoms with E-state index in [0.29, 0.717) is 45.0 Å². The van der Waals surface area contributed by atoms with Gasteiger partial charge in [-0.2, -0.15) is 0 Å². The summed E-state index contributed by atoms with van der Waals surface area (Å²) in [7, 11) is 1.50. The number of allylic oxidation sites excluding steroid dienone is 6. The molecule has 2 unspecified atom stereocenters. The molecule has 0 fully saturated rings. The lowest BCUT2D eigenvalue weighted by atomic mass is 10.0. The fraction of sp³-hybridized carbons (Fsp3) is 0.278. The van der Waals surface area contributed by atoms with Crippen molar-refractivity contribution in [1.29, 1.82) is 0 Å². The van der Waals surface area contributed by atoms with E-state index >= 15 is 0 Å². The maximum Gasteiger partial charge on any atom is 0.420 e. The third-order valence-corrected chi connectivity index (χ3v) is 8.23. The molecule has 16 heteroatoms. The van der Waals surface area contributed by atoms with Crippen LogP contribution < -0.4 is 20.5 Å². The number of methoxy groups -OCH3 is 1. The summed E-state index contributed by atoms with van der Waals surface area (Å²) < 4.78 is 42.9. The average Bonchev–Trinajstić information content (AvgIpc) is 3.33. The number of fused-ring (bicyclic) bond motifs is 2. The zero-order valence-corrected chi connectivity index (χ0v) is 28.5. The number of alkyl halides is 1. The number of hydrogen-bond donors (Lipinski definition) is 2. The Bertz CT molecular complexity index is 2210. The van der Waals surface area contributed by atoms with E-state index in [1.165, 1.54) is 48.4 Å². The molecule has 270 valence electrons. The van der Waals surface area contributed by atoms with Gasteiger partial charge in [-0.3, -0.25) is 14.2 Å². The monoisotopic (exact) mass is 733 g/mol. The van der Waals surface area contributed by atoms with Gasteiger partial charge in [-0.1, -0.05) is 23.8 Å². The van der Waals surface area contributed by atoms with Crippen molar-refractivity contribution >= 4 is 56.8 Å². The van der Waals surface area contributed by atoms with Gasteiger partial charge in [-0.05, 0) is 48.1 Å². The first-order valence-corrected chi connectivity index (χ1v) is 16.5. The van der Waals surface area contributed by atoms with E-state index in [2.05, 4.69) is 20.3 Å². The normalized spacial score (nSPS) is 18.1. The maximum absolute atomic E-state index is 13.9. The number of halogens is 2. The Morgan fingerprint density at radius 3 is 2.83 bits per heavy atom. The second kappa shape index (κ2) is 16.6. The van der Waals surface area contributed by atoms with Crippen molar-refractivity contribution < 1.29 is 42.5 Å². The number of oxazole rings is 1. The highest BCUT2D eigenvalue weighted by atomic mass is 35.5. The molecule has 0 radical (unpaired) electrons. The van der Waals surface area contributed by atoms with Gasteiger partial charge in [0.2, 0.25) is 5.91 Å². The number of nitrogens with zero attached hydrogens (tertiary/aromatic N) is 4. The lowest BCUT2D eigenvalue weighted by Crippen LogP contribution is -2.34. The smallest absolute Gasteiger partial charge is 0.420 e. The molecule has 2 heterocycles. The number of aliphatic imine (C=N–C) groups is 1. The van der Waals surface area contributed by atoms with Crippen molar-refractivity contribution in [3.63, 3.8) is 0 Å². The molecule has 2 atom stereocenters. The van der Waals surface area contributed by atoms with Crippen molar-refractivity contribution in [1.82, 2.24) is 19.9 Å². The van der Waals surface area contributed by atoms with Crippen LogP contribution in [0.2, 0.25) is 0 Å². The predicted molar refractivity (Wildman–Crippen MR) is 189 cm³/mol. The quantitative estimate of drug-likeness (QED) is 0.176. The minimum absolute atomic E-state index is 0.0325. The number of ketones is 1. The van der Waals surface area contributed by atoms with E-state index < -0.39 is 23.9 Å². The Morgan fingerprint density at radius 2 is 2.00 bits per heavy atom. The molecule has 0 spiro atoms. The Balaban J connectivity index is 0.915. The van der Waals surface area contributed by atoms with E-state index in [-0.39, 0.29) is 68.1 Å². The van der Waals surface area contributed by atoms with E-state index in [4.69, 9.17) is 35.0 Å². The summed E-state index contributed by atoms with van der Waals surface area (Å²) in [5, 5.41) is 12.9. The average molecular weight is 734 g/mol. The molecular weight excluding hydrogens is 701 g/mol. The van der Waals surface area contributed by atoms with Crippen molar-refractivity contribution in [2.45, 2.75) is 25.2 Å². The highest BCUT2D eigenvalue weighted by Gasteiger charge is 2.21. The summed E-state index contributed by atoms with van der Waals surface area (Å²) in [6.45, 7) is 0.530. The second-order valence-electron chi connectivity index (χ2n) is 11.5. The van der Waals surface area contributed by atoms with Gasteiger partial charge in [0.05, 0.1) is 48.6 Å². The van der Waals surface area contributed by atoms with Crippen LogP contribution in [0.5, 0.6) is 17.2 Å². The molecule has 4 aromatic rings. The first-order chi connectivity index (χ1) is 25.2. The van der Waals surface area contributed by atoms with Crippen LogP contribution in [-0.2, 0) is 25.6 Å². The lowest BCUT2D eigenvalue weighted by molar-refractivity contribution is -0.131. The summed E-state index contributed by atoms with van der Waals surface area (Å²) in [6.07, 6.45) is 8.64. The molecule has 14 nitrogen and oxygen atoms in total. The molecule has 1 amide bonds. The molecule has 0 bridgehead atoms. The first-order valence-electron chi connectivity index (χ1n) is 16.1. The van der Waals surface area contributed by atoms with Gasteiger partial charge >= 0.3 is 5.76 Å². The number of phenolic OH excluding ortho intramolecular Hbond substituents is 1. The minimum Gasteiger partial charge on any atom is -0.508 e. The number of carbonyl (C=O) groups is 2. The van der Waals surface area contributed by atoms with Crippen LogP contribution in [0.3, 0.4) is 0 Å². The number of aromatic nitrogens is 3. The van der Waals surface area contributed by atoms with Crippen LogP contribution in [0.1, 0.15) is 6.42 Å². The number of carbonyl (C=O) groups excluding carboxylic acids is 2. The van der Waals surface area contributed by atoms with Gasteiger partial charge in [-0.25, -0.2) is 24.1 Å². The molecule has 2 aliphatic carbocycles. The Hall–Kier alpha value is -5.64. The van der Waals surface area contributed by atoms with E-state index in [0.717, 1.165) is 0 Å². The van der Waals surface area contributed by atoms with Crippen LogP contribution in [-0.4, -0.2) is 89.4 Å². The molecule has 0 saturated carbocycles. The highest BCUT2D eigenvalue weighted by Crippen LogP contribution is 2.35. The molecule has 2 N–H and O–H groups in total. The van der Waals surface area contributed by atoms with Crippen LogP contribution in [0.25, 0.3) is 22.0 Å². The molecule has 2 aliphatic rings. The molecule has 0 aliphatic heterocycles. The number of ether oxygens (including phenoxy) is 4. The van der Waals surface area contributed by atoms with Gasteiger partial charge in [0, 0.05) is 30.5 Å². The number of amides is 1. The van der Waals surface area contributed by atoms with Crippen LogP contribution in [0, 0.1) is 0 Å². The van der Waals surface area contributed by atoms with Crippen LogP contribution >= 0.6 is 11.6 Å². The van der Waals surface area contributed by atoms with Crippen molar-refractivity contribution in [3.8, 4) is 17.2 Å². The Morgan fingerprint density at radius 1 is 1.13 bits per heavy atom. The van der Waals surface area contributed by atoms with Crippen LogP contribution in [0.4, 0.5) is 10.2 Å². The highest BCUT2D eigenvalue weighted by molar-refractivity contribution is 6.32. The van der Waals surface area contributed by atoms with Crippen molar-refractivity contribution in [2.24, 2.45) is 4.99 Å². The number of benzene rings is 2. The van der Waals surface area contributed by atoms with Crippen molar-refractivity contribution in [3.05, 3.63) is 94.3 Å². The van der Waals surface area contributed by atoms with E-state index in [1.807, 2.05) is 0 Å². The lowest BCUT2D eigenvalue weighted by Gasteiger charge is -2.16. The first kappa shape index (κ1) is 36.2. The topological polar surface area (TPSA) is 177 Å². The van der Waals surface area contributed by atoms with Gasteiger partial charge in [0.1, 0.15) is 37.6 Å². The third kappa shape index (κ3) is 8.80. The second-order valence-corrected chi connectivity index (χ2v) is 12.0. The van der Waals surface area contributed by atoms with Gasteiger partial charge < -0.3 is 33.8 Å². The van der Waals surface area contributed by atoms with E-state index in [9.17, 15) is 23.9 Å². The zero-order chi connectivity index (χ0) is 36.6. The van der Waals surface area contributed by atoms with Crippen molar-refractivity contribution in [2.75, 3.05) is 40.1 Å². The van der Waals surface area contributed by atoms with Gasteiger partial charge in [0.15, 0.2) is 28.7 Å². The fourth-order valence-electron chi connectivity index (χ4n) is 5.34. The Labute approximate surface area is 300 Å². The molecule has 6 rings (SSSR count). The number of rotatable bonds is 14. The van der Waals surface area contributed by atoms with Gasteiger partial charge in [0.25, 0.3) is 0 Å². The summed E-state index contributed by atoms with van der Waals surface area (Å²) in [5.74, 6) is -0.245. The summed E-state index contributed by atoms with van der Waals surface area (Å²) in [5.41, 5.74) is 2.26. The zero-order valence-electron chi connectivity index (χ0n) is 27.8. The third-order valence-electron chi connectivity index (χ3n) is 7.88. The molecule has 2 aromatic heterocycles. The standard InChI is InChI=1S/C36H33ClFN5O9/c1-48-32-16-24-27(40-20-41-35(24)42-22-3-2-4-26(38)25(37)14-22)17-33(32)50-12-11-49-10-9-39-34(46)19-51-30-8-5-21(13-29(30)45)18-43-28-7-6-23(44)15-31(28)52-36(43)47/h2-3,5-8,13-17,20,26,30,44H,4,9-12,18-19H2,1H3,(H,39,46). The molecule has 52 heavy (non-hydrogen) atoms. The summed E-state index contributed by atoms with van der Waals surface area (Å²) in [4.78, 5) is 50.3.